The fourth-order valence-corrected chi connectivity index (χ4v) is 1.71. The van der Waals surface area contributed by atoms with Gasteiger partial charge < -0.3 is 0 Å². The Morgan fingerprint density at radius 3 is 2.39 bits per heavy atom. The van der Waals surface area contributed by atoms with E-state index in [0.717, 1.165) is 12.1 Å². The summed E-state index contributed by atoms with van der Waals surface area (Å²) < 4.78 is 13.1. The SMILES string of the molecule is O=Cc1ccc(F)cc1C(=O)c1ccc(Cl)cc1. The molecule has 2 rings (SSSR count). The topological polar surface area (TPSA) is 34.1 Å². The number of halogens is 2. The van der Waals surface area contributed by atoms with E-state index in [1.165, 1.54) is 18.2 Å². The van der Waals surface area contributed by atoms with Gasteiger partial charge in [0, 0.05) is 21.7 Å². The highest BCUT2D eigenvalue weighted by atomic mass is 35.5. The van der Waals surface area contributed by atoms with Gasteiger partial charge in [-0.3, -0.25) is 9.59 Å². The highest BCUT2D eigenvalue weighted by Crippen LogP contribution is 2.17. The molecule has 2 aromatic rings. The predicted octanol–water partition coefficient (Wildman–Crippen LogP) is 3.52. The lowest BCUT2D eigenvalue weighted by Gasteiger charge is -2.04. The zero-order valence-corrected chi connectivity index (χ0v) is 9.95. The lowest BCUT2D eigenvalue weighted by Crippen LogP contribution is -2.05. The molecule has 90 valence electrons. The highest BCUT2D eigenvalue weighted by molar-refractivity contribution is 6.30. The highest BCUT2D eigenvalue weighted by Gasteiger charge is 2.14. The van der Waals surface area contributed by atoms with E-state index >= 15 is 0 Å². The van der Waals surface area contributed by atoms with Crippen molar-refractivity contribution in [3.63, 3.8) is 0 Å². The summed E-state index contributed by atoms with van der Waals surface area (Å²) in [6.45, 7) is 0. The molecule has 0 saturated heterocycles. The van der Waals surface area contributed by atoms with E-state index in [0.29, 0.717) is 16.9 Å². The van der Waals surface area contributed by atoms with Gasteiger partial charge in [-0.2, -0.15) is 0 Å². The monoisotopic (exact) mass is 262 g/mol. The summed E-state index contributed by atoms with van der Waals surface area (Å²) in [7, 11) is 0. The van der Waals surface area contributed by atoms with Crippen molar-refractivity contribution in [3.05, 3.63) is 70.0 Å². The number of aldehydes is 1. The standard InChI is InChI=1S/C14H8ClFO2/c15-11-4-1-9(2-5-11)14(18)13-7-12(16)6-3-10(13)8-17/h1-8H. The summed E-state index contributed by atoms with van der Waals surface area (Å²) in [6, 6.07) is 9.67. The summed E-state index contributed by atoms with van der Waals surface area (Å²) in [5.74, 6) is -0.966. The number of rotatable bonds is 3. The number of benzene rings is 2. The summed E-state index contributed by atoms with van der Waals surface area (Å²) in [6.07, 6.45) is 0.530. The number of hydrogen-bond acceptors (Lipinski definition) is 2. The van der Waals surface area contributed by atoms with Gasteiger partial charge in [-0.05, 0) is 42.5 Å². The van der Waals surface area contributed by atoms with E-state index in [4.69, 9.17) is 11.6 Å². The molecular formula is C14H8ClFO2. The molecule has 0 aliphatic carbocycles. The van der Waals surface area contributed by atoms with Crippen LogP contribution >= 0.6 is 11.6 Å². The summed E-state index contributed by atoms with van der Waals surface area (Å²) in [4.78, 5) is 23.0. The van der Waals surface area contributed by atoms with Gasteiger partial charge in [0.05, 0.1) is 0 Å². The van der Waals surface area contributed by atoms with Crippen LogP contribution in [0, 0.1) is 5.82 Å². The van der Waals surface area contributed by atoms with Crippen molar-refractivity contribution in [2.75, 3.05) is 0 Å². The normalized spacial score (nSPS) is 10.1. The van der Waals surface area contributed by atoms with E-state index < -0.39 is 11.6 Å². The maximum absolute atomic E-state index is 13.1. The first-order valence-electron chi connectivity index (χ1n) is 5.17. The summed E-state index contributed by atoms with van der Waals surface area (Å²) in [5, 5.41) is 0.501. The summed E-state index contributed by atoms with van der Waals surface area (Å²) in [5.41, 5.74) is 0.566. The van der Waals surface area contributed by atoms with Crippen LogP contribution in [-0.2, 0) is 0 Å². The molecule has 0 atom stereocenters. The zero-order valence-electron chi connectivity index (χ0n) is 9.19. The van der Waals surface area contributed by atoms with Gasteiger partial charge in [0.2, 0.25) is 0 Å². The molecule has 0 fully saturated rings. The predicted molar refractivity (Wildman–Crippen MR) is 66.7 cm³/mol. The molecule has 0 bridgehead atoms. The Labute approximate surface area is 108 Å². The van der Waals surface area contributed by atoms with Crippen molar-refractivity contribution in [3.8, 4) is 0 Å². The first-order chi connectivity index (χ1) is 8.61. The Bertz CT molecular complexity index is 606. The van der Waals surface area contributed by atoms with Crippen LogP contribution in [0.5, 0.6) is 0 Å². The molecule has 0 aliphatic rings. The molecule has 0 aliphatic heterocycles. The Morgan fingerprint density at radius 1 is 1.11 bits per heavy atom. The molecular weight excluding hydrogens is 255 g/mol. The molecule has 0 heterocycles. The van der Waals surface area contributed by atoms with Crippen molar-refractivity contribution < 1.29 is 14.0 Å². The number of ketones is 1. The van der Waals surface area contributed by atoms with Crippen LogP contribution in [0.4, 0.5) is 4.39 Å². The van der Waals surface area contributed by atoms with Crippen molar-refractivity contribution in [2.45, 2.75) is 0 Å². The Kier molecular flexibility index (Phi) is 3.53. The fraction of sp³-hybridized carbons (Fsp3) is 0. The van der Waals surface area contributed by atoms with Gasteiger partial charge >= 0.3 is 0 Å². The lowest BCUT2D eigenvalue weighted by molar-refractivity contribution is 0.102. The van der Waals surface area contributed by atoms with Gasteiger partial charge in [0.15, 0.2) is 12.1 Å². The first kappa shape index (κ1) is 12.5. The second kappa shape index (κ2) is 5.10. The maximum Gasteiger partial charge on any atom is 0.193 e. The van der Waals surface area contributed by atoms with Crippen LogP contribution in [0.25, 0.3) is 0 Å². The Balaban J connectivity index is 2.48. The minimum absolute atomic E-state index is 0.0484. The Hall–Kier alpha value is -2.00. The van der Waals surface area contributed by atoms with Crippen LogP contribution in [0.1, 0.15) is 26.3 Å². The fourth-order valence-electron chi connectivity index (χ4n) is 1.58. The molecule has 0 amide bonds. The number of carbonyl (C=O) groups is 2. The molecule has 18 heavy (non-hydrogen) atoms. The third kappa shape index (κ3) is 2.46. The van der Waals surface area contributed by atoms with Crippen LogP contribution in [0.15, 0.2) is 42.5 Å². The van der Waals surface area contributed by atoms with Crippen LogP contribution in [0.2, 0.25) is 5.02 Å². The first-order valence-corrected chi connectivity index (χ1v) is 5.54. The van der Waals surface area contributed by atoms with Crippen molar-refractivity contribution >= 4 is 23.7 Å². The van der Waals surface area contributed by atoms with E-state index in [9.17, 15) is 14.0 Å². The number of hydrogen-bond donors (Lipinski definition) is 0. The smallest absolute Gasteiger partial charge is 0.193 e. The van der Waals surface area contributed by atoms with Gasteiger partial charge in [-0.15, -0.1) is 0 Å². The maximum atomic E-state index is 13.1. The van der Waals surface area contributed by atoms with E-state index in [1.807, 2.05) is 0 Å². The van der Waals surface area contributed by atoms with Gasteiger partial charge in [-0.1, -0.05) is 11.6 Å². The van der Waals surface area contributed by atoms with Crippen LogP contribution in [0.3, 0.4) is 0 Å². The zero-order chi connectivity index (χ0) is 13.1. The Morgan fingerprint density at radius 2 is 1.78 bits per heavy atom. The third-order valence-electron chi connectivity index (χ3n) is 2.49. The number of carbonyl (C=O) groups excluding carboxylic acids is 2. The molecule has 0 saturated carbocycles. The second-order valence-electron chi connectivity index (χ2n) is 3.69. The molecule has 0 spiro atoms. The quantitative estimate of drug-likeness (QED) is 0.626. The second-order valence-corrected chi connectivity index (χ2v) is 4.12. The molecule has 0 radical (unpaired) electrons. The van der Waals surface area contributed by atoms with Gasteiger partial charge in [-0.25, -0.2) is 4.39 Å². The lowest BCUT2D eigenvalue weighted by atomic mass is 9.99. The molecule has 0 aromatic heterocycles. The summed E-state index contributed by atoms with van der Waals surface area (Å²) >= 11 is 5.72. The van der Waals surface area contributed by atoms with Crippen LogP contribution in [-0.4, -0.2) is 12.1 Å². The largest absolute Gasteiger partial charge is 0.298 e. The van der Waals surface area contributed by atoms with Gasteiger partial charge in [0.25, 0.3) is 0 Å². The van der Waals surface area contributed by atoms with Crippen molar-refractivity contribution in [1.29, 1.82) is 0 Å². The van der Waals surface area contributed by atoms with Crippen LogP contribution < -0.4 is 0 Å². The molecule has 0 unspecified atom stereocenters. The average molecular weight is 263 g/mol. The van der Waals surface area contributed by atoms with Crippen molar-refractivity contribution in [1.82, 2.24) is 0 Å². The van der Waals surface area contributed by atoms with E-state index in [2.05, 4.69) is 0 Å². The average Bonchev–Trinajstić information content (AvgIpc) is 2.39. The minimum atomic E-state index is -0.557. The van der Waals surface area contributed by atoms with Gasteiger partial charge in [0.1, 0.15) is 5.82 Å². The third-order valence-corrected chi connectivity index (χ3v) is 2.75. The molecule has 2 aromatic carbocycles. The molecule has 2 nitrogen and oxygen atoms in total. The van der Waals surface area contributed by atoms with E-state index in [1.54, 1.807) is 12.1 Å². The molecule has 4 heteroatoms. The minimum Gasteiger partial charge on any atom is -0.298 e. The van der Waals surface area contributed by atoms with Crippen molar-refractivity contribution in [2.24, 2.45) is 0 Å². The van der Waals surface area contributed by atoms with E-state index in [-0.39, 0.29) is 11.1 Å². The molecule has 0 N–H and O–H groups in total.